The van der Waals surface area contributed by atoms with E-state index in [4.69, 9.17) is 0 Å². The number of piperidine rings is 1. The summed E-state index contributed by atoms with van der Waals surface area (Å²) in [4.78, 5) is 4.91. The molecule has 4 nitrogen and oxygen atoms in total. The largest absolute Gasteiger partial charge is 0.394 e. The highest BCUT2D eigenvalue weighted by molar-refractivity contribution is 5.03. The lowest BCUT2D eigenvalue weighted by atomic mass is 9.92. The molecule has 1 saturated carbocycles. The number of nitrogens with one attached hydrogen (secondary N) is 1. The van der Waals surface area contributed by atoms with Gasteiger partial charge >= 0.3 is 0 Å². The van der Waals surface area contributed by atoms with Crippen molar-refractivity contribution in [2.45, 2.75) is 44.2 Å². The van der Waals surface area contributed by atoms with Crippen LogP contribution in [-0.2, 0) is 0 Å². The van der Waals surface area contributed by atoms with Crippen LogP contribution < -0.4 is 5.32 Å². The molecule has 1 aliphatic heterocycles. The van der Waals surface area contributed by atoms with Crippen molar-refractivity contribution in [3.8, 4) is 0 Å². The van der Waals surface area contributed by atoms with E-state index < -0.39 is 0 Å². The first-order chi connectivity index (χ1) is 9.11. The highest BCUT2D eigenvalue weighted by Gasteiger charge is 2.45. The first kappa shape index (κ1) is 15.2. The predicted molar refractivity (Wildman–Crippen MR) is 79.4 cm³/mol. The van der Waals surface area contributed by atoms with Crippen LogP contribution >= 0.6 is 0 Å². The third-order valence-electron chi connectivity index (χ3n) is 4.92. The SMILES string of the molecule is CCNC(CO)(CN(C)C1CCCN(C)C1)C1CC1. The summed E-state index contributed by atoms with van der Waals surface area (Å²) in [5.74, 6) is 0.668. The number of aliphatic hydroxyl groups excluding tert-OH is 1. The quantitative estimate of drug-likeness (QED) is 0.716. The van der Waals surface area contributed by atoms with Crippen LogP contribution in [0.15, 0.2) is 0 Å². The number of hydrogen-bond donors (Lipinski definition) is 2. The Morgan fingerprint density at radius 2 is 2.11 bits per heavy atom. The van der Waals surface area contributed by atoms with Gasteiger partial charge in [-0.25, -0.2) is 0 Å². The van der Waals surface area contributed by atoms with E-state index in [-0.39, 0.29) is 12.1 Å². The Balaban J connectivity index is 1.95. The predicted octanol–water partition coefficient (Wildman–Crippen LogP) is 0.763. The van der Waals surface area contributed by atoms with Crippen LogP contribution in [0.4, 0.5) is 0 Å². The minimum absolute atomic E-state index is 0.0699. The van der Waals surface area contributed by atoms with E-state index >= 15 is 0 Å². The fourth-order valence-corrected chi connectivity index (χ4v) is 3.63. The van der Waals surface area contributed by atoms with Crippen molar-refractivity contribution in [1.82, 2.24) is 15.1 Å². The molecule has 2 unspecified atom stereocenters. The summed E-state index contributed by atoms with van der Waals surface area (Å²) in [6.07, 6.45) is 5.12. The Morgan fingerprint density at radius 3 is 2.63 bits per heavy atom. The molecule has 0 aromatic rings. The summed E-state index contributed by atoms with van der Waals surface area (Å²) >= 11 is 0. The average molecular weight is 269 g/mol. The fraction of sp³-hybridized carbons (Fsp3) is 1.00. The van der Waals surface area contributed by atoms with E-state index in [1.54, 1.807) is 0 Å². The van der Waals surface area contributed by atoms with Gasteiger partial charge in [0.1, 0.15) is 0 Å². The molecule has 0 aromatic heterocycles. The Morgan fingerprint density at radius 1 is 1.37 bits per heavy atom. The molecule has 19 heavy (non-hydrogen) atoms. The maximum atomic E-state index is 9.92. The smallest absolute Gasteiger partial charge is 0.0628 e. The molecule has 1 aliphatic carbocycles. The highest BCUT2D eigenvalue weighted by Crippen LogP contribution is 2.40. The first-order valence-corrected chi connectivity index (χ1v) is 7.86. The molecular formula is C15H31N3O. The van der Waals surface area contributed by atoms with Crippen molar-refractivity contribution >= 4 is 0 Å². The minimum atomic E-state index is -0.0699. The monoisotopic (exact) mass is 269 g/mol. The third kappa shape index (κ3) is 3.69. The van der Waals surface area contributed by atoms with Crippen molar-refractivity contribution < 1.29 is 5.11 Å². The van der Waals surface area contributed by atoms with Crippen LogP contribution in [-0.4, -0.2) is 73.4 Å². The van der Waals surface area contributed by atoms with Crippen LogP contribution in [0.5, 0.6) is 0 Å². The van der Waals surface area contributed by atoms with E-state index in [1.165, 1.54) is 32.2 Å². The average Bonchev–Trinajstić information content (AvgIpc) is 3.22. The van der Waals surface area contributed by atoms with Gasteiger partial charge in [0.05, 0.1) is 12.1 Å². The van der Waals surface area contributed by atoms with Gasteiger partial charge in [0.25, 0.3) is 0 Å². The number of aliphatic hydroxyl groups is 1. The van der Waals surface area contributed by atoms with Crippen molar-refractivity contribution in [3.63, 3.8) is 0 Å². The fourth-order valence-electron chi connectivity index (χ4n) is 3.63. The van der Waals surface area contributed by atoms with Gasteiger partial charge < -0.3 is 20.2 Å². The number of likely N-dealkylation sites (N-methyl/N-ethyl adjacent to an activating group) is 3. The lowest BCUT2D eigenvalue weighted by molar-refractivity contribution is 0.0623. The van der Waals surface area contributed by atoms with Gasteiger partial charge in [-0.15, -0.1) is 0 Å². The second-order valence-corrected chi connectivity index (χ2v) is 6.59. The normalized spacial score (nSPS) is 28.6. The molecule has 1 saturated heterocycles. The van der Waals surface area contributed by atoms with Crippen LogP contribution in [0, 0.1) is 5.92 Å². The zero-order valence-electron chi connectivity index (χ0n) is 12.9. The molecule has 112 valence electrons. The Kier molecular flexibility index (Phi) is 5.23. The molecule has 0 bridgehead atoms. The Hall–Kier alpha value is -0.160. The molecule has 0 spiro atoms. The number of rotatable bonds is 7. The topological polar surface area (TPSA) is 38.7 Å². The molecule has 0 radical (unpaired) electrons. The molecule has 2 fully saturated rings. The molecule has 2 rings (SSSR count). The lowest BCUT2D eigenvalue weighted by Gasteiger charge is -2.42. The van der Waals surface area contributed by atoms with Gasteiger partial charge in [-0.3, -0.25) is 0 Å². The zero-order valence-corrected chi connectivity index (χ0v) is 12.9. The zero-order chi connectivity index (χ0) is 13.9. The molecular weight excluding hydrogens is 238 g/mol. The highest BCUT2D eigenvalue weighted by atomic mass is 16.3. The molecule has 2 aliphatic rings. The number of likely N-dealkylation sites (tertiary alicyclic amines) is 1. The molecule has 2 N–H and O–H groups in total. The Labute approximate surface area is 118 Å². The summed E-state index contributed by atoms with van der Waals surface area (Å²) in [6, 6.07) is 0.641. The summed E-state index contributed by atoms with van der Waals surface area (Å²) in [7, 11) is 4.44. The lowest BCUT2D eigenvalue weighted by Crippen LogP contribution is -2.60. The van der Waals surface area contributed by atoms with Crippen molar-refractivity contribution in [3.05, 3.63) is 0 Å². The van der Waals surface area contributed by atoms with E-state index in [9.17, 15) is 5.11 Å². The van der Waals surface area contributed by atoms with E-state index in [0.717, 1.165) is 19.6 Å². The van der Waals surface area contributed by atoms with Crippen LogP contribution in [0.25, 0.3) is 0 Å². The van der Waals surface area contributed by atoms with Gasteiger partial charge in [0.2, 0.25) is 0 Å². The summed E-state index contributed by atoms with van der Waals surface area (Å²) in [5, 5.41) is 13.5. The molecule has 0 aromatic carbocycles. The maximum absolute atomic E-state index is 9.92. The van der Waals surface area contributed by atoms with Crippen LogP contribution in [0.3, 0.4) is 0 Å². The van der Waals surface area contributed by atoms with Crippen molar-refractivity contribution in [2.24, 2.45) is 5.92 Å². The second kappa shape index (κ2) is 6.53. The van der Waals surface area contributed by atoms with Crippen molar-refractivity contribution in [1.29, 1.82) is 0 Å². The van der Waals surface area contributed by atoms with Crippen molar-refractivity contribution in [2.75, 3.05) is 46.9 Å². The second-order valence-electron chi connectivity index (χ2n) is 6.59. The minimum Gasteiger partial charge on any atom is -0.394 e. The first-order valence-electron chi connectivity index (χ1n) is 7.86. The maximum Gasteiger partial charge on any atom is 0.0628 e. The summed E-state index contributed by atoms with van der Waals surface area (Å²) in [5.41, 5.74) is -0.0699. The van der Waals surface area contributed by atoms with Crippen LogP contribution in [0.1, 0.15) is 32.6 Å². The van der Waals surface area contributed by atoms with E-state index in [2.05, 4.69) is 36.1 Å². The van der Waals surface area contributed by atoms with Gasteiger partial charge in [0.15, 0.2) is 0 Å². The Bertz CT molecular complexity index is 283. The molecule has 0 amide bonds. The third-order valence-corrected chi connectivity index (χ3v) is 4.92. The van der Waals surface area contributed by atoms with Gasteiger partial charge in [-0.2, -0.15) is 0 Å². The summed E-state index contributed by atoms with van der Waals surface area (Å²) < 4.78 is 0. The number of nitrogens with zero attached hydrogens (tertiary/aromatic N) is 2. The molecule has 1 heterocycles. The summed E-state index contributed by atoms with van der Waals surface area (Å²) in [6.45, 7) is 6.70. The van der Waals surface area contributed by atoms with E-state index in [0.29, 0.717) is 12.0 Å². The van der Waals surface area contributed by atoms with Gasteiger partial charge in [-0.05, 0) is 58.8 Å². The van der Waals surface area contributed by atoms with E-state index in [1.807, 2.05) is 0 Å². The standard InChI is InChI=1S/C15H31N3O/c1-4-16-15(12-19,13-7-8-13)11-18(3)14-6-5-9-17(2)10-14/h13-14,16,19H,4-12H2,1-3H3. The van der Waals surface area contributed by atoms with Gasteiger partial charge in [0, 0.05) is 19.1 Å². The molecule has 4 heteroatoms. The van der Waals surface area contributed by atoms with Crippen LogP contribution in [0.2, 0.25) is 0 Å². The number of hydrogen-bond acceptors (Lipinski definition) is 4. The van der Waals surface area contributed by atoms with Gasteiger partial charge in [-0.1, -0.05) is 6.92 Å². The molecule has 2 atom stereocenters.